The summed E-state index contributed by atoms with van der Waals surface area (Å²) < 4.78 is 0. The Balaban J connectivity index is 1.93. The van der Waals surface area contributed by atoms with Gasteiger partial charge in [-0.25, -0.2) is 0 Å². The zero-order valence-corrected chi connectivity index (χ0v) is 18.5. The van der Waals surface area contributed by atoms with Crippen molar-refractivity contribution < 1.29 is 0 Å². The van der Waals surface area contributed by atoms with Crippen LogP contribution in [0.25, 0.3) is 0 Å². The Hall–Kier alpha value is -0.700. The summed E-state index contributed by atoms with van der Waals surface area (Å²) in [5, 5.41) is 4.28. The van der Waals surface area contributed by atoms with E-state index in [1.165, 1.54) is 49.7 Å². The van der Waals surface area contributed by atoms with Crippen molar-refractivity contribution in [2.75, 3.05) is 0 Å². The lowest BCUT2D eigenvalue weighted by Gasteiger charge is -2.65. The third kappa shape index (κ3) is 2.80. The number of rotatable bonds is 3. The first-order valence-electron chi connectivity index (χ1n) is 10.1. The summed E-state index contributed by atoms with van der Waals surface area (Å²) >= 11 is 3.62. The number of alkyl halides is 1. The molecule has 4 bridgehead atoms. The number of benzene rings is 1. The molecule has 5 rings (SSSR count). The van der Waals surface area contributed by atoms with Gasteiger partial charge >= 0.3 is 0 Å². The van der Waals surface area contributed by atoms with Crippen molar-refractivity contribution in [1.29, 1.82) is 0 Å². The maximum Gasteiger partial charge on any atom is 0.115 e. The molecule has 0 spiro atoms. The molecule has 0 heterocycles. The Bertz CT molecular complexity index is 744. The molecule has 0 radical (unpaired) electrons. The average Bonchev–Trinajstić information content (AvgIpc) is 2.49. The molecular weight excluding hydrogens is 386 g/mol. The second-order valence-electron chi connectivity index (χ2n) is 11.4. The Kier molecular flexibility index (Phi) is 4.06. The van der Waals surface area contributed by atoms with E-state index >= 15 is 0 Å². The van der Waals surface area contributed by atoms with Crippen molar-refractivity contribution in [3.8, 4) is 0 Å². The van der Waals surface area contributed by atoms with Gasteiger partial charge in [-0.1, -0.05) is 62.7 Å². The predicted molar refractivity (Wildman–Crippen MR) is 112 cm³/mol. The summed E-state index contributed by atoms with van der Waals surface area (Å²) in [6, 6.07) is 4.54. The third-order valence-electron chi connectivity index (χ3n) is 7.49. The summed E-state index contributed by atoms with van der Waals surface area (Å²) in [6.45, 7) is 11.8. The van der Waals surface area contributed by atoms with E-state index in [4.69, 9.17) is 0 Å². The van der Waals surface area contributed by atoms with Crippen LogP contribution in [0.1, 0.15) is 89.8 Å². The third-order valence-corrected chi connectivity index (χ3v) is 8.09. The van der Waals surface area contributed by atoms with Gasteiger partial charge in [0.1, 0.15) is 5.69 Å². The van der Waals surface area contributed by atoms with Crippen LogP contribution in [0.15, 0.2) is 17.3 Å². The molecular formula is C23H32BrNO. The normalized spacial score (nSPS) is 38.6. The zero-order chi connectivity index (χ0) is 19.0. The highest BCUT2D eigenvalue weighted by Gasteiger charge is 2.61. The van der Waals surface area contributed by atoms with Gasteiger partial charge in [0.25, 0.3) is 0 Å². The van der Waals surface area contributed by atoms with Crippen LogP contribution in [0.3, 0.4) is 0 Å². The maximum absolute atomic E-state index is 11.9. The fourth-order valence-corrected chi connectivity index (χ4v) is 7.92. The van der Waals surface area contributed by atoms with Gasteiger partial charge in [0.2, 0.25) is 0 Å². The van der Waals surface area contributed by atoms with E-state index in [0.717, 1.165) is 17.2 Å². The molecule has 2 unspecified atom stereocenters. The molecule has 4 fully saturated rings. The Morgan fingerprint density at radius 1 is 1.08 bits per heavy atom. The van der Waals surface area contributed by atoms with Gasteiger partial charge in [0, 0.05) is 5.33 Å². The van der Waals surface area contributed by atoms with Gasteiger partial charge in [-0.05, 0) is 88.0 Å². The van der Waals surface area contributed by atoms with Gasteiger partial charge in [-0.2, -0.15) is 0 Å². The van der Waals surface area contributed by atoms with Crippen LogP contribution < -0.4 is 0 Å². The highest BCUT2D eigenvalue weighted by molar-refractivity contribution is 9.08. The molecule has 1 aromatic rings. The number of hydrogen-bond acceptors (Lipinski definition) is 2. The SMILES string of the molecule is CC12CC3CC(C)(C1)CC(c1cc(C(C)(C)C)cc(CBr)c1N=O)(C3)C2. The number of nitroso groups, excluding NO2 is 1. The molecule has 142 valence electrons. The fourth-order valence-electron chi connectivity index (χ4n) is 7.49. The van der Waals surface area contributed by atoms with Crippen LogP contribution in [-0.2, 0) is 16.2 Å². The molecule has 4 aliphatic carbocycles. The monoisotopic (exact) mass is 417 g/mol. The lowest BCUT2D eigenvalue weighted by atomic mass is 9.39. The minimum Gasteiger partial charge on any atom is -0.145 e. The fraction of sp³-hybridized carbons (Fsp3) is 0.739. The topological polar surface area (TPSA) is 29.4 Å². The highest BCUT2D eigenvalue weighted by Crippen LogP contribution is 2.70. The van der Waals surface area contributed by atoms with Gasteiger partial charge < -0.3 is 0 Å². The molecule has 0 amide bonds. The molecule has 0 aliphatic heterocycles. The molecule has 1 aromatic carbocycles. The first kappa shape index (κ1) is 18.7. The molecule has 0 N–H and O–H groups in total. The lowest BCUT2D eigenvalue weighted by Crippen LogP contribution is -2.56. The number of nitrogens with zero attached hydrogens (tertiary/aromatic N) is 1. The van der Waals surface area contributed by atoms with Crippen LogP contribution in [0.5, 0.6) is 0 Å². The minimum atomic E-state index is 0.0726. The molecule has 4 aliphatic rings. The van der Waals surface area contributed by atoms with Crippen LogP contribution in [0.2, 0.25) is 0 Å². The van der Waals surface area contributed by atoms with E-state index in [-0.39, 0.29) is 10.8 Å². The van der Waals surface area contributed by atoms with E-state index in [9.17, 15) is 4.91 Å². The van der Waals surface area contributed by atoms with Gasteiger partial charge in [-0.15, -0.1) is 4.91 Å². The van der Waals surface area contributed by atoms with Crippen LogP contribution in [0.4, 0.5) is 5.69 Å². The predicted octanol–water partition coefficient (Wildman–Crippen LogP) is 7.52. The molecule has 0 saturated heterocycles. The summed E-state index contributed by atoms with van der Waals surface area (Å²) in [4.78, 5) is 11.9. The van der Waals surface area contributed by atoms with Crippen molar-refractivity contribution in [3.63, 3.8) is 0 Å². The average molecular weight is 418 g/mol. The van der Waals surface area contributed by atoms with Gasteiger partial charge in [0.05, 0.1) is 0 Å². The summed E-state index contributed by atoms with van der Waals surface area (Å²) in [6.07, 6.45) is 7.80. The smallest absolute Gasteiger partial charge is 0.115 e. The molecule has 2 nitrogen and oxygen atoms in total. The summed E-state index contributed by atoms with van der Waals surface area (Å²) in [7, 11) is 0. The standard InChI is InChI=1S/C23H32BrNO/c1-20(2,3)17-6-16(11-24)19(25-26)18(7-17)23-10-15-8-21(4,13-23)12-22(5,9-15)14-23/h6-7,15H,8-14H2,1-5H3. The molecule has 0 aromatic heterocycles. The largest absolute Gasteiger partial charge is 0.145 e. The first-order chi connectivity index (χ1) is 12.0. The highest BCUT2D eigenvalue weighted by atomic mass is 79.9. The summed E-state index contributed by atoms with van der Waals surface area (Å²) in [5.41, 5.74) is 5.46. The Labute approximate surface area is 166 Å². The number of halogens is 1. The van der Waals surface area contributed by atoms with Crippen LogP contribution >= 0.6 is 15.9 Å². The summed E-state index contributed by atoms with van der Waals surface area (Å²) in [5.74, 6) is 0.812. The van der Waals surface area contributed by atoms with Crippen molar-refractivity contribution in [1.82, 2.24) is 0 Å². The van der Waals surface area contributed by atoms with E-state index in [1.54, 1.807) is 0 Å². The van der Waals surface area contributed by atoms with E-state index in [1.807, 2.05) is 0 Å². The van der Waals surface area contributed by atoms with Crippen molar-refractivity contribution in [2.24, 2.45) is 21.9 Å². The second kappa shape index (κ2) is 5.65. The zero-order valence-electron chi connectivity index (χ0n) is 16.9. The van der Waals surface area contributed by atoms with Crippen LogP contribution in [0, 0.1) is 21.7 Å². The lowest BCUT2D eigenvalue weighted by molar-refractivity contribution is -0.109. The van der Waals surface area contributed by atoms with E-state index in [0.29, 0.717) is 16.2 Å². The van der Waals surface area contributed by atoms with Crippen molar-refractivity contribution >= 4 is 21.6 Å². The Morgan fingerprint density at radius 3 is 2.15 bits per heavy atom. The maximum atomic E-state index is 11.9. The molecule has 3 heteroatoms. The first-order valence-corrected chi connectivity index (χ1v) is 11.2. The van der Waals surface area contributed by atoms with Crippen LogP contribution in [-0.4, -0.2) is 0 Å². The molecule has 4 saturated carbocycles. The molecule has 2 atom stereocenters. The van der Waals surface area contributed by atoms with E-state index < -0.39 is 0 Å². The van der Waals surface area contributed by atoms with Gasteiger partial charge in [0.15, 0.2) is 0 Å². The molecule has 26 heavy (non-hydrogen) atoms. The van der Waals surface area contributed by atoms with Gasteiger partial charge in [-0.3, -0.25) is 0 Å². The quantitative estimate of drug-likeness (QED) is 0.369. The van der Waals surface area contributed by atoms with E-state index in [2.05, 4.69) is 67.9 Å². The number of hydrogen-bond donors (Lipinski definition) is 0. The van der Waals surface area contributed by atoms with Crippen molar-refractivity contribution in [2.45, 2.75) is 89.3 Å². The van der Waals surface area contributed by atoms with Crippen molar-refractivity contribution in [3.05, 3.63) is 33.7 Å². The minimum absolute atomic E-state index is 0.0726. The Morgan fingerprint density at radius 2 is 1.69 bits per heavy atom. The second-order valence-corrected chi connectivity index (χ2v) is 12.0.